The lowest BCUT2D eigenvalue weighted by molar-refractivity contribution is -0.118. The molecule has 20 heavy (non-hydrogen) atoms. The zero-order chi connectivity index (χ0) is 14.4. The van der Waals surface area contributed by atoms with Gasteiger partial charge in [0.05, 0.1) is 11.9 Å². The van der Waals surface area contributed by atoms with Crippen molar-refractivity contribution < 1.29 is 4.79 Å². The molecule has 2 aromatic heterocycles. The maximum Gasteiger partial charge on any atom is 0.230 e. The quantitative estimate of drug-likeness (QED) is 0.628. The summed E-state index contributed by atoms with van der Waals surface area (Å²) in [6.45, 7) is 2.66. The Morgan fingerprint density at radius 2 is 2.40 bits per heavy atom. The Balaban J connectivity index is 1.58. The van der Waals surface area contributed by atoms with Gasteiger partial charge in [-0.1, -0.05) is 11.8 Å². The van der Waals surface area contributed by atoms with Crippen LogP contribution >= 0.6 is 23.1 Å². The first-order chi connectivity index (χ1) is 9.63. The summed E-state index contributed by atoms with van der Waals surface area (Å²) in [5.74, 6) is 0.494. The Labute approximate surface area is 126 Å². The highest BCUT2D eigenvalue weighted by Gasteiger charge is 2.05. The van der Waals surface area contributed by atoms with Crippen LogP contribution in [-0.4, -0.2) is 33.0 Å². The number of hydrogen-bond acceptors (Lipinski definition) is 5. The first-order valence-corrected chi connectivity index (χ1v) is 8.29. The second-order valence-electron chi connectivity index (χ2n) is 4.52. The highest BCUT2D eigenvalue weighted by Crippen LogP contribution is 2.21. The van der Waals surface area contributed by atoms with Crippen molar-refractivity contribution in [2.45, 2.75) is 24.1 Å². The van der Waals surface area contributed by atoms with E-state index in [0.29, 0.717) is 12.3 Å². The van der Waals surface area contributed by atoms with E-state index in [9.17, 15) is 4.79 Å². The predicted molar refractivity (Wildman–Crippen MR) is 82.1 cm³/mol. The average Bonchev–Trinajstić information content (AvgIpc) is 3.01. The molecule has 2 rings (SSSR count). The summed E-state index contributed by atoms with van der Waals surface area (Å²) < 4.78 is 2.74. The monoisotopic (exact) mass is 310 g/mol. The minimum absolute atomic E-state index is 0.0639. The van der Waals surface area contributed by atoms with Gasteiger partial charge in [-0.2, -0.15) is 5.10 Å². The van der Waals surface area contributed by atoms with Gasteiger partial charge in [0.1, 0.15) is 0 Å². The van der Waals surface area contributed by atoms with Crippen LogP contribution < -0.4 is 5.32 Å². The molecule has 0 bridgehead atoms. The molecule has 0 saturated heterocycles. The SMILES string of the molecule is Cc1csc(SCC(=O)NCCCc2cnn(C)c2)n1. The Hall–Kier alpha value is -1.34. The van der Waals surface area contributed by atoms with Crippen molar-refractivity contribution in [3.63, 3.8) is 0 Å². The fourth-order valence-corrected chi connectivity index (χ4v) is 3.38. The Bertz CT molecular complexity index is 564. The molecule has 2 heterocycles. The molecule has 0 atom stereocenters. The van der Waals surface area contributed by atoms with E-state index in [1.807, 2.05) is 31.7 Å². The van der Waals surface area contributed by atoms with Gasteiger partial charge in [-0.3, -0.25) is 9.48 Å². The number of thiazole rings is 1. The summed E-state index contributed by atoms with van der Waals surface area (Å²) in [5.41, 5.74) is 2.21. The van der Waals surface area contributed by atoms with Crippen LogP contribution in [0.25, 0.3) is 0 Å². The van der Waals surface area contributed by atoms with Crippen LogP contribution in [0.4, 0.5) is 0 Å². The smallest absolute Gasteiger partial charge is 0.230 e. The lowest BCUT2D eigenvalue weighted by atomic mass is 10.2. The number of hydrogen-bond donors (Lipinski definition) is 1. The summed E-state index contributed by atoms with van der Waals surface area (Å²) in [4.78, 5) is 16.0. The second kappa shape index (κ2) is 7.44. The number of rotatable bonds is 7. The molecule has 1 N–H and O–H groups in total. The summed E-state index contributed by atoms with van der Waals surface area (Å²) in [5, 5.41) is 9.04. The van der Waals surface area contributed by atoms with Crippen molar-refractivity contribution in [2.24, 2.45) is 7.05 Å². The molecule has 7 heteroatoms. The molecule has 2 aromatic rings. The molecule has 0 saturated carbocycles. The fraction of sp³-hybridized carbons (Fsp3) is 0.462. The molecular formula is C13H18N4OS2. The maximum absolute atomic E-state index is 11.7. The van der Waals surface area contributed by atoms with Gasteiger partial charge in [0.15, 0.2) is 4.34 Å². The van der Waals surface area contributed by atoms with Crippen LogP contribution in [-0.2, 0) is 18.3 Å². The Morgan fingerprint density at radius 3 is 3.05 bits per heavy atom. The average molecular weight is 310 g/mol. The highest BCUT2D eigenvalue weighted by molar-refractivity contribution is 8.01. The van der Waals surface area contributed by atoms with Crippen LogP contribution in [0, 0.1) is 6.92 Å². The molecule has 0 aliphatic heterocycles. The summed E-state index contributed by atoms with van der Waals surface area (Å²) in [6, 6.07) is 0. The van der Waals surface area contributed by atoms with Gasteiger partial charge in [0.25, 0.3) is 0 Å². The van der Waals surface area contributed by atoms with Crippen molar-refractivity contribution in [1.29, 1.82) is 0 Å². The Morgan fingerprint density at radius 1 is 1.55 bits per heavy atom. The largest absolute Gasteiger partial charge is 0.355 e. The highest BCUT2D eigenvalue weighted by atomic mass is 32.2. The first kappa shape index (κ1) is 15.1. The van der Waals surface area contributed by atoms with Gasteiger partial charge in [0.2, 0.25) is 5.91 Å². The van der Waals surface area contributed by atoms with Crippen LogP contribution in [0.1, 0.15) is 17.7 Å². The lowest BCUT2D eigenvalue weighted by Crippen LogP contribution is -2.26. The molecule has 1 amide bonds. The summed E-state index contributed by atoms with van der Waals surface area (Å²) in [7, 11) is 1.91. The zero-order valence-corrected chi connectivity index (χ0v) is 13.3. The van der Waals surface area contributed by atoms with E-state index in [2.05, 4.69) is 15.4 Å². The number of thioether (sulfide) groups is 1. The van der Waals surface area contributed by atoms with Crippen molar-refractivity contribution in [1.82, 2.24) is 20.1 Å². The number of amides is 1. The van der Waals surface area contributed by atoms with Gasteiger partial charge in [0, 0.05) is 30.9 Å². The third-order valence-electron chi connectivity index (χ3n) is 2.65. The zero-order valence-electron chi connectivity index (χ0n) is 11.6. The molecule has 0 aliphatic rings. The predicted octanol–water partition coefficient (Wildman–Crippen LogP) is 2.03. The van der Waals surface area contributed by atoms with E-state index in [0.717, 1.165) is 22.9 Å². The van der Waals surface area contributed by atoms with Gasteiger partial charge in [-0.05, 0) is 25.3 Å². The molecule has 108 valence electrons. The molecule has 0 aliphatic carbocycles. The van der Waals surface area contributed by atoms with E-state index in [1.165, 1.54) is 17.3 Å². The van der Waals surface area contributed by atoms with Crippen molar-refractivity contribution in [2.75, 3.05) is 12.3 Å². The van der Waals surface area contributed by atoms with Crippen LogP contribution in [0.15, 0.2) is 22.1 Å². The van der Waals surface area contributed by atoms with Crippen molar-refractivity contribution in [3.8, 4) is 0 Å². The molecule has 0 radical (unpaired) electrons. The molecule has 0 unspecified atom stereocenters. The van der Waals surface area contributed by atoms with E-state index < -0.39 is 0 Å². The van der Waals surface area contributed by atoms with Crippen molar-refractivity contribution in [3.05, 3.63) is 29.0 Å². The third kappa shape index (κ3) is 4.97. The summed E-state index contributed by atoms with van der Waals surface area (Å²) in [6.07, 6.45) is 5.73. The topological polar surface area (TPSA) is 59.8 Å². The van der Waals surface area contributed by atoms with E-state index in [1.54, 1.807) is 16.0 Å². The van der Waals surface area contributed by atoms with E-state index in [-0.39, 0.29) is 5.91 Å². The normalized spacial score (nSPS) is 10.7. The second-order valence-corrected chi connectivity index (χ2v) is 6.60. The molecular weight excluding hydrogens is 292 g/mol. The number of carbonyl (C=O) groups is 1. The maximum atomic E-state index is 11.7. The molecule has 5 nitrogen and oxygen atoms in total. The molecule has 0 fully saturated rings. The van der Waals surface area contributed by atoms with Crippen LogP contribution in [0.3, 0.4) is 0 Å². The lowest BCUT2D eigenvalue weighted by Gasteiger charge is -2.03. The van der Waals surface area contributed by atoms with Crippen LogP contribution in [0.5, 0.6) is 0 Å². The van der Waals surface area contributed by atoms with Gasteiger partial charge in [-0.15, -0.1) is 11.3 Å². The molecule has 0 aromatic carbocycles. The number of aromatic nitrogens is 3. The third-order valence-corrected chi connectivity index (χ3v) is 4.79. The fourth-order valence-electron chi connectivity index (χ4n) is 1.70. The number of aryl methyl sites for hydroxylation is 3. The van der Waals surface area contributed by atoms with Crippen molar-refractivity contribution >= 4 is 29.0 Å². The van der Waals surface area contributed by atoms with Gasteiger partial charge < -0.3 is 5.32 Å². The van der Waals surface area contributed by atoms with Gasteiger partial charge in [-0.25, -0.2) is 4.98 Å². The van der Waals surface area contributed by atoms with E-state index >= 15 is 0 Å². The Kier molecular flexibility index (Phi) is 5.60. The van der Waals surface area contributed by atoms with Gasteiger partial charge >= 0.3 is 0 Å². The van der Waals surface area contributed by atoms with E-state index in [4.69, 9.17) is 0 Å². The van der Waals surface area contributed by atoms with Crippen LogP contribution in [0.2, 0.25) is 0 Å². The number of nitrogens with zero attached hydrogens (tertiary/aromatic N) is 3. The minimum Gasteiger partial charge on any atom is -0.355 e. The first-order valence-electron chi connectivity index (χ1n) is 6.42. The minimum atomic E-state index is 0.0639. The molecule has 0 spiro atoms. The standard InChI is InChI=1S/C13H18N4OS2/c1-10-8-19-13(16-10)20-9-12(18)14-5-3-4-11-6-15-17(2)7-11/h6-8H,3-5,9H2,1-2H3,(H,14,18). The number of nitrogens with one attached hydrogen (secondary N) is 1. The number of carbonyl (C=O) groups excluding carboxylic acids is 1. The summed E-state index contributed by atoms with van der Waals surface area (Å²) >= 11 is 3.07.